The maximum absolute atomic E-state index is 13.3. The molecule has 3 aromatic rings. The van der Waals surface area contributed by atoms with E-state index >= 15 is 0 Å². The van der Waals surface area contributed by atoms with Gasteiger partial charge in [-0.25, -0.2) is 13.2 Å². The van der Waals surface area contributed by atoms with Gasteiger partial charge in [-0.3, -0.25) is 4.72 Å². The van der Waals surface area contributed by atoms with E-state index in [1.807, 2.05) is 0 Å². The Morgan fingerprint density at radius 2 is 1.87 bits per heavy atom. The largest absolute Gasteiger partial charge is 0.465 e. The zero-order valence-corrected chi connectivity index (χ0v) is 17.4. The average Bonchev–Trinajstić information content (AvgIpc) is 3.26. The molecule has 1 aromatic heterocycles. The third-order valence-corrected chi connectivity index (χ3v) is 6.09. The van der Waals surface area contributed by atoms with Gasteiger partial charge in [0.2, 0.25) is 0 Å². The summed E-state index contributed by atoms with van der Waals surface area (Å²) in [7, 11) is -3.17. The predicted molar refractivity (Wildman–Crippen MR) is 109 cm³/mol. The SMILES string of the molecule is CCc1ccc(C(=O)OC)cc1S(=O)(=O)Nc1cc(C(F)(F)F)ccc1-c1ccc[nH]1. The molecule has 6 nitrogen and oxygen atoms in total. The highest BCUT2D eigenvalue weighted by atomic mass is 32.2. The van der Waals surface area contributed by atoms with E-state index in [0.717, 1.165) is 25.3 Å². The Morgan fingerprint density at radius 1 is 1.13 bits per heavy atom. The molecule has 0 aliphatic rings. The van der Waals surface area contributed by atoms with E-state index in [1.165, 1.54) is 18.2 Å². The van der Waals surface area contributed by atoms with Crippen LogP contribution < -0.4 is 4.72 Å². The molecule has 0 radical (unpaired) electrons. The van der Waals surface area contributed by atoms with Crippen molar-refractivity contribution >= 4 is 21.7 Å². The Morgan fingerprint density at radius 3 is 2.45 bits per heavy atom. The molecule has 0 aliphatic heterocycles. The summed E-state index contributed by atoms with van der Waals surface area (Å²) >= 11 is 0. The number of methoxy groups -OCH3 is 1. The van der Waals surface area contributed by atoms with Crippen molar-refractivity contribution in [3.05, 3.63) is 71.4 Å². The van der Waals surface area contributed by atoms with Gasteiger partial charge in [0.1, 0.15) is 0 Å². The fourth-order valence-corrected chi connectivity index (χ4v) is 4.49. The number of ether oxygens (including phenoxy) is 1. The van der Waals surface area contributed by atoms with E-state index in [2.05, 4.69) is 14.4 Å². The van der Waals surface area contributed by atoms with Gasteiger partial charge in [0.25, 0.3) is 10.0 Å². The first kappa shape index (κ1) is 22.4. The van der Waals surface area contributed by atoms with E-state index in [4.69, 9.17) is 0 Å². The van der Waals surface area contributed by atoms with Gasteiger partial charge in [-0.1, -0.05) is 19.1 Å². The minimum Gasteiger partial charge on any atom is -0.465 e. The number of halogens is 3. The van der Waals surface area contributed by atoms with Gasteiger partial charge in [-0.05, 0) is 48.4 Å². The number of rotatable bonds is 6. The number of carbonyl (C=O) groups excluding carboxylic acids is 1. The maximum atomic E-state index is 13.3. The number of H-pyrrole nitrogens is 1. The fourth-order valence-electron chi connectivity index (χ4n) is 3.08. The van der Waals surface area contributed by atoms with Gasteiger partial charge in [0.05, 0.1) is 28.8 Å². The highest BCUT2D eigenvalue weighted by molar-refractivity contribution is 7.92. The maximum Gasteiger partial charge on any atom is 0.416 e. The number of alkyl halides is 3. The van der Waals surface area contributed by atoms with Crippen molar-refractivity contribution in [2.24, 2.45) is 0 Å². The van der Waals surface area contributed by atoms with Crippen LogP contribution in [0.2, 0.25) is 0 Å². The molecule has 2 aromatic carbocycles. The summed E-state index contributed by atoms with van der Waals surface area (Å²) in [4.78, 5) is 14.5. The third-order valence-electron chi connectivity index (χ3n) is 4.64. The third kappa shape index (κ3) is 4.74. The number of esters is 1. The number of benzene rings is 2. The molecule has 0 unspecified atom stereocenters. The lowest BCUT2D eigenvalue weighted by atomic mass is 10.1. The number of hydrogen-bond acceptors (Lipinski definition) is 4. The number of carbonyl (C=O) groups is 1. The Balaban J connectivity index is 2.14. The van der Waals surface area contributed by atoms with E-state index in [0.29, 0.717) is 17.7 Å². The first-order valence-electron chi connectivity index (χ1n) is 9.16. The second-order valence-electron chi connectivity index (χ2n) is 6.62. The summed E-state index contributed by atoms with van der Waals surface area (Å²) in [6, 6.07) is 10.1. The fraction of sp³-hybridized carbons (Fsp3) is 0.190. The van der Waals surface area contributed by atoms with Gasteiger partial charge in [0, 0.05) is 17.5 Å². The van der Waals surface area contributed by atoms with Gasteiger partial charge < -0.3 is 9.72 Å². The zero-order chi connectivity index (χ0) is 22.8. The lowest BCUT2D eigenvalue weighted by Gasteiger charge is -2.17. The number of sulfonamides is 1. The summed E-state index contributed by atoms with van der Waals surface area (Å²) < 4.78 is 73.0. The van der Waals surface area contributed by atoms with Crippen molar-refractivity contribution < 1.29 is 31.1 Å². The molecule has 164 valence electrons. The number of aromatic nitrogens is 1. The minimum absolute atomic E-state index is 0.00806. The Hall–Kier alpha value is -3.27. The molecule has 2 N–H and O–H groups in total. The number of anilines is 1. The van der Waals surface area contributed by atoms with Crippen molar-refractivity contribution in [1.29, 1.82) is 0 Å². The molecule has 10 heteroatoms. The molecule has 0 saturated heterocycles. The Kier molecular flexibility index (Phi) is 6.12. The summed E-state index contributed by atoms with van der Waals surface area (Å²) in [6.45, 7) is 1.72. The van der Waals surface area contributed by atoms with Crippen LogP contribution in [0.15, 0.2) is 59.6 Å². The molecule has 0 spiro atoms. The monoisotopic (exact) mass is 452 g/mol. The van der Waals surface area contributed by atoms with Crippen LogP contribution in [0.25, 0.3) is 11.3 Å². The van der Waals surface area contributed by atoms with Crippen LogP contribution in [-0.4, -0.2) is 26.5 Å². The molecule has 3 rings (SSSR count). The summed E-state index contributed by atoms with van der Waals surface area (Å²) in [5.74, 6) is -0.731. The first-order chi connectivity index (χ1) is 14.6. The topological polar surface area (TPSA) is 88.3 Å². The molecule has 0 saturated carbocycles. The highest BCUT2D eigenvalue weighted by Gasteiger charge is 2.32. The Bertz CT molecular complexity index is 1200. The van der Waals surface area contributed by atoms with E-state index in [1.54, 1.807) is 25.3 Å². The van der Waals surface area contributed by atoms with Gasteiger partial charge in [-0.15, -0.1) is 0 Å². The second-order valence-corrected chi connectivity index (χ2v) is 8.27. The normalized spacial score (nSPS) is 11.9. The molecular formula is C21H19F3N2O4S. The van der Waals surface area contributed by atoms with Crippen LogP contribution in [0, 0.1) is 0 Å². The standard InChI is InChI=1S/C21H19F3N2O4S/c1-3-13-6-7-14(20(27)30-2)11-19(13)31(28,29)26-18-12-15(21(22,23)24)8-9-16(18)17-5-4-10-25-17/h4-12,25-26H,3H2,1-2H3. The first-order valence-corrected chi connectivity index (χ1v) is 10.6. The van der Waals surface area contributed by atoms with Crippen LogP contribution in [0.3, 0.4) is 0 Å². The lowest BCUT2D eigenvalue weighted by Crippen LogP contribution is -2.17. The van der Waals surface area contributed by atoms with Crippen LogP contribution in [0.4, 0.5) is 18.9 Å². The van der Waals surface area contributed by atoms with Crippen LogP contribution in [-0.2, 0) is 27.4 Å². The number of aryl methyl sites for hydroxylation is 1. The van der Waals surface area contributed by atoms with Crippen LogP contribution in [0.5, 0.6) is 0 Å². The van der Waals surface area contributed by atoms with Gasteiger partial charge >= 0.3 is 12.1 Å². The van der Waals surface area contributed by atoms with Crippen molar-refractivity contribution in [1.82, 2.24) is 4.98 Å². The molecule has 0 bridgehead atoms. The summed E-state index contributed by atoms with van der Waals surface area (Å²) in [5, 5.41) is 0. The molecule has 31 heavy (non-hydrogen) atoms. The molecular weight excluding hydrogens is 433 g/mol. The van der Waals surface area contributed by atoms with E-state index in [9.17, 15) is 26.4 Å². The van der Waals surface area contributed by atoms with Crippen molar-refractivity contribution in [2.75, 3.05) is 11.8 Å². The summed E-state index contributed by atoms with van der Waals surface area (Å²) in [5.41, 5.74) is -0.168. The number of nitrogens with one attached hydrogen (secondary N) is 2. The van der Waals surface area contributed by atoms with Crippen LogP contribution in [0.1, 0.15) is 28.4 Å². The van der Waals surface area contributed by atoms with Crippen molar-refractivity contribution in [3.8, 4) is 11.3 Å². The van der Waals surface area contributed by atoms with Crippen molar-refractivity contribution in [2.45, 2.75) is 24.4 Å². The molecule has 0 atom stereocenters. The van der Waals surface area contributed by atoms with Crippen LogP contribution >= 0.6 is 0 Å². The minimum atomic E-state index is -4.66. The molecule has 0 amide bonds. The van der Waals surface area contributed by atoms with Gasteiger partial charge in [0.15, 0.2) is 0 Å². The zero-order valence-electron chi connectivity index (χ0n) is 16.6. The Labute approximate surface area is 177 Å². The summed E-state index contributed by atoms with van der Waals surface area (Å²) in [6.07, 6.45) is -2.77. The van der Waals surface area contributed by atoms with E-state index in [-0.39, 0.29) is 21.7 Å². The smallest absolute Gasteiger partial charge is 0.416 e. The van der Waals surface area contributed by atoms with Gasteiger partial charge in [-0.2, -0.15) is 13.2 Å². The predicted octanol–water partition coefficient (Wildman–Crippen LogP) is 4.85. The molecule has 0 aliphatic carbocycles. The molecule has 0 fully saturated rings. The number of hydrogen-bond donors (Lipinski definition) is 2. The lowest BCUT2D eigenvalue weighted by molar-refractivity contribution is -0.137. The molecule has 1 heterocycles. The van der Waals surface area contributed by atoms with Crippen molar-refractivity contribution in [3.63, 3.8) is 0 Å². The van der Waals surface area contributed by atoms with E-state index < -0.39 is 27.7 Å². The highest BCUT2D eigenvalue weighted by Crippen LogP contribution is 2.36. The quantitative estimate of drug-likeness (QED) is 0.524. The average molecular weight is 452 g/mol. The second kappa shape index (κ2) is 8.46. The number of aromatic amines is 1.